The molecule has 2 amide bonds. The van der Waals surface area contributed by atoms with Gasteiger partial charge in [-0.2, -0.15) is 5.10 Å². The number of piperazine rings is 1. The summed E-state index contributed by atoms with van der Waals surface area (Å²) in [4.78, 5) is 28.8. The van der Waals surface area contributed by atoms with Crippen molar-refractivity contribution in [1.82, 2.24) is 19.6 Å². The molecule has 7 heteroatoms. The molecule has 0 saturated carbocycles. The summed E-state index contributed by atoms with van der Waals surface area (Å²) in [6.07, 6.45) is 0. The number of halogens is 1. The monoisotopic (exact) mass is 372 g/mol. The summed E-state index contributed by atoms with van der Waals surface area (Å²) in [6.45, 7) is 8.00. The minimum atomic E-state index is -0.368. The van der Waals surface area contributed by atoms with Crippen LogP contribution in [0.5, 0.6) is 0 Å². The van der Waals surface area contributed by atoms with Gasteiger partial charge in [0.2, 0.25) is 0 Å². The molecule has 0 spiro atoms. The molecule has 1 fully saturated rings. The van der Waals surface area contributed by atoms with Crippen molar-refractivity contribution in [1.29, 1.82) is 0 Å². The van der Waals surface area contributed by atoms with Crippen LogP contribution in [0.4, 0.5) is 4.39 Å². The smallest absolute Gasteiger partial charge is 0.272 e. The van der Waals surface area contributed by atoms with Crippen LogP contribution in [-0.4, -0.2) is 57.6 Å². The van der Waals surface area contributed by atoms with E-state index >= 15 is 0 Å². The molecule has 3 rings (SSSR count). The third kappa shape index (κ3) is 4.02. The Morgan fingerprint density at radius 3 is 1.96 bits per heavy atom. The van der Waals surface area contributed by atoms with Gasteiger partial charge in [0.25, 0.3) is 11.8 Å². The molecule has 27 heavy (non-hydrogen) atoms. The predicted molar refractivity (Wildman–Crippen MR) is 100 cm³/mol. The van der Waals surface area contributed by atoms with Gasteiger partial charge in [-0.25, -0.2) is 4.39 Å². The van der Waals surface area contributed by atoms with Crippen molar-refractivity contribution in [3.8, 4) is 0 Å². The van der Waals surface area contributed by atoms with Crippen LogP contribution >= 0.6 is 0 Å². The van der Waals surface area contributed by atoms with Crippen LogP contribution in [0.2, 0.25) is 0 Å². The summed E-state index contributed by atoms with van der Waals surface area (Å²) < 4.78 is 14.6. The molecule has 1 aromatic carbocycles. The number of hydrogen-bond acceptors (Lipinski definition) is 3. The fourth-order valence-corrected chi connectivity index (χ4v) is 3.08. The molecule has 6 nitrogen and oxygen atoms in total. The quantitative estimate of drug-likeness (QED) is 0.814. The average Bonchev–Trinajstić information content (AvgIpc) is 3.03. The Balaban J connectivity index is 1.65. The lowest BCUT2D eigenvalue weighted by Crippen LogP contribution is -2.50. The topological polar surface area (TPSA) is 58.4 Å². The molecule has 2 heterocycles. The van der Waals surface area contributed by atoms with Crippen LogP contribution in [0.1, 0.15) is 47.3 Å². The maximum Gasteiger partial charge on any atom is 0.272 e. The first-order valence-corrected chi connectivity index (χ1v) is 9.05. The number of aromatic nitrogens is 2. The molecular formula is C20H25FN4O2. The molecule has 1 aromatic heterocycles. The van der Waals surface area contributed by atoms with E-state index in [1.807, 2.05) is 6.07 Å². The van der Waals surface area contributed by atoms with Gasteiger partial charge in [0.15, 0.2) is 0 Å². The van der Waals surface area contributed by atoms with Crippen LogP contribution in [0, 0.1) is 5.82 Å². The third-order valence-electron chi connectivity index (χ3n) is 4.81. The molecule has 1 aliphatic heterocycles. The summed E-state index contributed by atoms with van der Waals surface area (Å²) in [5.41, 5.74) is 1.76. The first-order valence-electron chi connectivity index (χ1n) is 9.05. The Hall–Kier alpha value is -2.70. The van der Waals surface area contributed by atoms with Gasteiger partial charge in [0, 0.05) is 44.2 Å². The van der Waals surface area contributed by atoms with Crippen LogP contribution in [0.25, 0.3) is 0 Å². The van der Waals surface area contributed by atoms with E-state index < -0.39 is 0 Å². The van der Waals surface area contributed by atoms with E-state index in [9.17, 15) is 14.0 Å². The third-order valence-corrected chi connectivity index (χ3v) is 4.81. The minimum Gasteiger partial charge on any atom is -0.335 e. The molecule has 0 atom stereocenters. The fourth-order valence-electron chi connectivity index (χ4n) is 3.08. The first kappa shape index (κ1) is 19.1. The molecule has 144 valence electrons. The van der Waals surface area contributed by atoms with Crippen LogP contribution in [0.3, 0.4) is 0 Å². The Labute approximate surface area is 158 Å². The number of amides is 2. The van der Waals surface area contributed by atoms with Gasteiger partial charge < -0.3 is 9.80 Å². The van der Waals surface area contributed by atoms with Crippen molar-refractivity contribution in [3.05, 3.63) is 53.1 Å². The molecule has 0 bridgehead atoms. The summed E-state index contributed by atoms with van der Waals surface area (Å²) in [5.74, 6) is -0.584. The van der Waals surface area contributed by atoms with Crippen molar-refractivity contribution >= 4 is 11.8 Å². The Bertz CT molecular complexity index is 844. The van der Waals surface area contributed by atoms with Crippen LogP contribution in [-0.2, 0) is 12.5 Å². The Morgan fingerprint density at radius 1 is 0.963 bits per heavy atom. The second kappa shape index (κ2) is 7.13. The SMILES string of the molecule is Cn1nc(C(C)(C)C)cc1C(=O)N1CCN(C(=O)c2ccc(F)cc2)CC1. The number of nitrogens with zero attached hydrogens (tertiary/aromatic N) is 4. The minimum absolute atomic E-state index is 0.0746. The van der Waals surface area contributed by atoms with Gasteiger partial charge in [-0.05, 0) is 30.3 Å². The average molecular weight is 372 g/mol. The molecule has 0 unspecified atom stereocenters. The zero-order chi connectivity index (χ0) is 19.8. The highest BCUT2D eigenvalue weighted by atomic mass is 19.1. The van der Waals surface area contributed by atoms with Crippen molar-refractivity contribution in [2.24, 2.45) is 7.05 Å². The summed E-state index contributed by atoms with van der Waals surface area (Å²) in [6, 6.07) is 7.38. The van der Waals surface area contributed by atoms with E-state index in [4.69, 9.17) is 0 Å². The maximum atomic E-state index is 13.0. The van der Waals surface area contributed by atoms with E-state index in [1.165, 1.54) is 24.3 Å². The number of carbonyl (C=O) groups is 2. The molecule has 2 aromatic rings. The highest BCUT2D eigenvalue weighted by Crippen LogP contribution is 2.22. The van der Waals surface area contributed by atoms with E-state index in [1.54, 1.807) is 21.5 Å². The second-order valence-corrected chi connectivity index (χ2v) is 7.88. The predicted octanol–water partition coefficient (Wildman–Crippen LogP) is 2.45. The number of carbonyl (C=O) groups excluding carboxylic acids is 2. The number of benzene rings is 1. The van der Waals surface area contributed by atoms with E-state index in [0.717, 1.165) is 5.69 Å². The molecular weight excluding hydrogens is 347 g/mol. The van der Waals surface area contributed by atoms with Crippen LogP contribution in [0.15, 0.2) is 30.3 Å². The van der Waals surface area contributed by atoms with Crippen molar-refractivity contribution in [2.45, 2.75) is 26.2 Å². The van der Waals surface area contributed by atoms with E-state index in [-0.39, 0.29) is 23.0 Å². The Kier molecular flexibility index (Phi) is 5.04. The van der Waals surface area contributed by atoms with Crippen molar-refractivity contribution < 1.29 is 14.0 Å². The van der Waals surface area contributed by atoms with E-state index in [0.29, 0.717) is 37.4 Å². The van der Waals surface area contributed by atoms with Crippen molar-refractivity contribution in [3.63, 3.8) is 0 Å². The van der Waals surface area contributed by atoms with E-state index in [2.05, 4.69) is 25.9 Å². The Morgan fingerprint density at radius 2 is 1.48 bits per heavy atom. The second-order valence-electron chi connectivity index (χ2n) is 7.88. The zero-order valence-corrected chi connectivity index (χ0v) is 16.2. The molecule has 1 aliphatic rings. The van der Waals surface area contributed by atoms with Gasteiger partial charge in [-0.1, -0.05) is 20.8 Å². The standard InChI is InChI=1S/C20H25FN4O2/c1-20(2,3)17-13-16(23(4)22-17)19(27)25-11-9-24(10-12-25)18(26)14-5-7-15(21)8-6-14/h5-8,13H,9-12H2,1-4H3. The first-order chi connectivity index (χ1) is 12.7. The largest absolute Gasteiger partial charge is 0.335 e. The van der Waals surface area contributed by atoms with Crippen molar-refractivity contribution in [2.75, 3.05) is 26.2 Å². The summed E-state index contributed by atoms with van der Waals surface area (Å²) in [7, 11) is 1.77. The summed E-state index contributed by atoms with van der Waals surface area (Å²) >= 11 is 0. The molecule has 1 saturated heterocycles. The lowest BCUT2D eigenvalue weighted by atomic mass is 9.92. The maximum absolute atomic E-state index is 13.0. The normalized spacial score (nSPS) is 15.1. The van der Waals surface area contributed by atoms with Gasteiger partial charge in [-0.3, -0.25) is 14.3 Å². The van der Waals surface area contributed by atoms with Crippen LogP contribution < -0.4 is 0 Å². The van der Waals surface area contributed by atoms with Gasteiger partial charge in [0.05, 0.1) is 5.69 Å². The van der Waals surface area contributed by atoms with Gasteiger partial charge >= 0.3 is 0 Å². The number of rotatable bonds is 2. The number of aryl methyl sites for hydroxylation is 1. The molecule has 0 radical (unpaired) electrons. The number of hydrogen-bond donors (Lipinski definition) is 0. The lowest BCUT2D eigenvalue weighted by Gasteiger charge is -2.34. The fraction of sp³-hybridized carbons (Fsp3) is 0.450. The van der Waals surface area contributed by atoms with Gasteiger partial charge in [0.1, 0.15) is 11.5 Å². The lowest BCUT2D eigenvalue weighted by molar-refractivity contribution is 0.0529. The van der Waals surface area contributed by atoms with Gasteiger partial charge in [-0.15, -0.1) is 0 Å². The zero-order valence-electron chi connectivity index (χ0n) is 16.2. The highest BCUT2D eigenvalue weighted by Gasteiger charge is 2.28. The molecule has 0 N–H and O–H groups in total. The highest BCUT2D eigenvalue weighted by molar-refractivity contribution is 5.95. The summed E-state index contributed by atoms with van der Waals surface area (Å²) in [5, 5.41) is 4.46. The molecule has 0 aliphatic carbocycles.